The third-order valence-electron chi connectivity index (χ3n) is 2.49. The van der Waals surface area contributed by atoms with E-state index >= 15 is 0 Å². The Labute approximate surface area is 105 Å². The average molecular weight is 250 g/mol. The highest BCUT2D eigenvalue weighted by Gasteiger charge is 2.10. The zero-order valence-electron chi connectivity index (χ0n) is 10.5. The van der Waals surface area contributed by atoms with Gasteiger partial charge in [0.05, 0.1) is 0 Å². The van der Waals surface area contributed by atoms with Crippen LogP contribution in [0.15, 0.2) is 9.59 Å². The standard InChI is InChI=1S/C12H18N4O2/c1-3-5-6-7-14-9-10(13)16(8-4-2)12(18)15-11(9)17/h1,14H,4-8,13H2,2H3,(H,15,17,18). The highest BCUT2D eigenvalue weighted by Crippen LogP contribution is 2.10. The van der Waals surface area contributed by atoms with Crippen LogP contribution in [0.4, 0.5) is 11.5 Å². The maximum Gasteiger partial charge on any atom is 0.330 e. The summed E-state index contributed by atoms with van der Waals surface area (Å²) in [5.74, 6) is 2.68. The van der Waals surface area contributed by atoms with Gasteiger partial charge in [0.1, 0.15) is 11.5 Å². The molecule has 0 aliphatic heterocycles. The molecule has 0 amide bonds. The summed E-state index contributed by atoms with van der Waals surface area (Å²) in [6, 6.07) is 0. The number of H-pyrrole nitrogens is 1. The van der Waals surface area contributed by atoms with Gasteiger partial charge in [-0.15, -0.1) is 12.3 Å². The summed E-state index contributed by atoms with van der Waals surface area (Å²) >= 11 is 0. The van der Waals surface area contributed by atoms with Gasteiger partial charge in [0.15, 0.2) is 0 Å². The van der Waals surface area contributed by atoms with Gasteiger partial charge in [-0.05, 0) is 12.8 Å². The van der Waals surface area contributed by atoms with E-state index in [-0.39, 0.29) is 11.5 Å². The Morgan fingerprint density at radius 2 is 2.22 bits per heavy atom. The number of aromatic amines is 1. The molecule has 0 bridgehead atoms. The molecule has 6 heteroatoms. The zero-order valence-corrected chi connectivity index (χ0v) is 10.5. The number of anilines is 2. The molecule has 0 fully saturated rings. The number of rotatable bonds is 6. The Kier molecular flexibility index (Phi) is 5.06. The Morgan fingerprint density at radius 1 is 1.50 bits per heavy atom. The maximum absolute atomic E-state index is 11.6. The number of nitrogens with zero attached hydrogens (tertiary/aromatic N) is 1. The second kappa shape index (κ2) is 6.55. The molecule has 0 aliphatic carbocycles. The largest absolute Gasteiger partial charge is 0.383 e. The fraction of sp³-hybridized carbons (Fsp3) is 0.500. The van der Waals surface area contributed by atoms with Crippen LogP contribution in [-0.4, -0.2) is 16.1 Å². The molecule has 1 rings (SSSR count). The van der Waals surface area contributed by atoms with Crippen molar-refractivity contribution in [2.24, 2.45) is 0 Å². The molecule has 0 aliphatic rings. The molecule has 1 heterocycles. The van der Waals surface area contributed by atoms with E-state index in [1.165, 1.54) is 4.57 Å². The predicted molar refractivity (Wildman–Crippen MR) is 72.6 cm³/mol. The first-order valence-electron chi connectivity index (χ1n) is 5.91. The Balaban J connectivity index is 2.97. The molecule has 0 saturated carbocycles. The minimum Gasteiger partial charge on any atom is -0.383 e. The van der Waals surface area contributed by atoms with E-state index in [1.54, 1.807) is 0 Å². The van der Waals surface area contributed by atoms with E-state index in [4.69, 9.17) is 12.2 Å². The normalized spacial score (nSPS) is 10.0. The number of terminal acetylenes is 1. The van der Waals surface area contributed by atoms with Crippen LogP contribution in [0.25, 0.3) is 0 Å². The second-order valence-electron chi connectivity index (χ2n) is 3.91. The van der Waals surface area contributed by atoms with E-state index in [9.17, 15) is 9.59 Å². The summed E-state index contributed by atoms with van der Waals surface area (Å²) < 4.78 is 1.35. The van der Waals surface area contributed by atoms with Gasteiger partial charge in [-0.2, -0.15) is 0 Å². The van der Waals surface area contributed by atoms with Gasteiger partial charge in [0.2, 0.25) is 0 Å². The lowest BCUT2D eigenvalue weighted by Gasteiger charge is -2.12. The summed E-state index contributed by atoms with van der Waals surface area (Å²) in [5.41, 5.74) is 5.09. The molecule has 0 unspecified atom stereocenters. The van der Waals surface area contributed by atoms with E-state index < -0.39 is 11.2 Å². The average Bonchev–Trinajstić information content (AvgIpc) is 2.33. The van der Waals surface area contributed by atoms with Crippen LogP contribution >= 0.6 is 0 Å². The number of hydrogen-bond acceptors (Lipinski definition) is 4. The second-order valence-corrected chi connectivity index (χ2v) is 3.91. The third kappa shape index (κ3) is 3.17. The van der Waals surface area contributed by atoms with Gasteiger partial charge in [-0.1, -0.05) is 6.92 Å². The number of nitrogens with two attached hydrogens (primary N) is 1. The molecule has 0 aromatic carbocycles. The van der Waals surface area contributed by atoms with Crippen LogP contribution < -0.4 is 22.3 Å². The molecule has 0 radical (unpaired) electrons. The van der Waals surface area contributed by atoms with Crippen molar-refractivity contribution in [3.8, 4) is 12.3 Å². The minimum absolute atomic E-state index is 0.173. The van der Waals surface area contributed by atoms with Crippen molar-refractivity contribution < 1.29 is 0 Å². The topological polar surface area (TPSA) is 92.9 Å². The number of nitrogens with one attached hydrogen (secondary N) is 2. The van der Waals surface area contributed by atoms with Gasteiger partial charge < -0.3 is 11.1 Å². The first-order chi connectivity index (χ1) is 8.61. The lowest BCUT2D eigenvalue weighted by molar-refractivity contribution is 0.642. The van der Waals surface area contributed by atoms with Crippen LogP contribution in [0.1, 0.15) is 26.2 Å². The van der Waals surface area contributed by atoms with Gasteiger partial charge in [-0.25, -0.2) is 4.79 Å². The van der Waals surface area contributed by atoms with Crippen molar-refractivity contribution in [2.75, 3.05) is 17.6 Å². The monoisotopic (exact) mass is 250 g/mol. The summed E-state index contributed by atoms with van der Waals surface area (Å²) in [4.78, 5) is 25.4. The van der Waals surface area contributed by atoms with Gasteiger partial charge in [0.25, 0.3) is 5.56 Å². The molecule has 0 spiro atoms. The van der Waals surface area contributed by atoms with Crippen molar-refractivity contribution in [1.29, 1.82) is 0 Å². The van der Waals surface area contributed by atoms with E-state index in [2.05, 4.69) is 16.2 Å². The minimum atomic E-state index is -0.495. The lowest BCUT2D eigenvalue weighted by Crippen LogP contribution is -2.34. The predicted octanol–water partition coefficient (Wildman–Crippen LogP) is 0.354. The maximum atomic E-state index is 11.6. The molecule has 98 valence electrons. The molecule has 6 nitrogen and oxygen atoms in total. The highest BCUT2D eigenvalue weighted by molar-refractivity contribution is 5.60. The number of hydrogen-bond donors (Lipinski definition) is 3. The van der Waals surface area contributed by atoms with Crippen molar-refractivity contribution in [2.45, 2.75) is 32.7 Å². The Morgan fingerprint density at radius 3 is 2.83 bits per heavy atom. The van der Waals surface area contributed by atoms with Gasteiger partial charge in [0, 0.05) is 19.5 Å². The summed E-state index contributed by atoms with van der Waals surface area (Å²) in [7, 11) is 0. The highest BCUT2D eigenvalue weighted by atomic mass is 16.2. The molecule has 1 aromatic heterocycles. The first kappa shape index (κ1) is 13.9. The third-order valence-corrected chi connectivity index (χ3v) is 2.49. The fourth-order valence-corrected chi connectivity index (χ4v) is 1.61. The number of unbranched alkanes of at least 4 members (excludes halogenated alkanes) is 1. The molecule has 0 atom stereocenters. The Bertz CT molecular complexity index is 551. The molecular formula is C12H18N4O2. The SMILES string of the molecule is C#CCCCNc1c(N)n(CCC)c(=O)[nH]c1=O. The van der Waals surface area contributed by atoms with E-state index in [1.807, 2.05) is 6.92 Å². The Hall–Kier alpha value is -2.16. The van der Waals surface area contributed by atoms with Gasteiger partial charge >= 0.3 is 5.69 Å². The summed E-state index contributed by atoms with van der Waals surface area (Å²) in [5, 5.41) is 2.92. The molecule has 4 N–H and O–H groups in total. The molecular weight excluding hydrogens is 232 g/mol. The summed E-state index contributed by atoms with van der Waals surface area (Å²) in [6.45, 7) is 2.94. The first-order valence-corrected chi connectivity index (χ1v) is 5.91. The number of aromatic nitrogens is 2. The van der Waals surface area contributed by atoms with Crippen molar-refractivity contribution in [1.82, 2.24) is 9.55 Å². The van der Waals surface area contributed by atoms with Crippen molar-refractivity contribution in [3.05, 3.63) is 20.8 Å². The van der Waals surface area contributed by atoms with Crippen LogP contribution in [0.5, 0.6) is 0 Å². The van der Waals surface area contributed by atoms with Crippen LogP contribution in [-0.2, 0) is 6.54 Å². The number of nitrogen functional groups attached to an aromatic ring is 1. The quantitative estimate of drug-likeness (QED) is 0.502. The molecule has 18 heavy (non-hydrogen) atoms. The van der Waals surface area contributed by atoms with E-state index in [0.29, 0.717) is 19.5 Å². The van der Waals surface area contributed by atoms with Crippen LogP contribution in [0.3, 0.4) is 0 Å². The lowest BCUT2D eigenvalue weighted by atomic mass is 10.3. The van der Waals surface area contributed by atoms with Crippen LogP contribution in [0, 0.1) is 12.3 Å². The fourth-order valence-electron chi connectivity index (χ4n) is 1.61. The summed E-state index contributed by atoms with van der Waals surface area (Å²) in [6.07, 6.45) is 7.25. The zero-order chi connectivity index (χ0) is 13.5. The van der Waals surface area contributed by atoms with Crippen molar-refractivity contribution in [3.63, 3.8) is 0 Å². The molecule has 0 saturated heterocycles. The van der Waals surface area contributed by atoms with Gasteiger partial charge in [-0.3, -0.25) is 14.3 Å². The van der Waals surface area contributed by atoms with Crippen LogP contribution in [0.2, 0.25) is 0 Å². The van der Waals surface area contributed by atoms with E-state index in [0.717, 1.165) is 12.8 Å². The smallest absolute Gasteiger partial charge is 0.330 e. The van der Waals surface area contributed by atoms with Crippen molar-refractivity contribution >= 4 is 11.5 Å². The molecule has 1 aromatic rings.